The van der Waals surface area contributed by atoms with E-state index in [1.807, 2.05) is 6.92 Å². The van der Waals surface area contributed by atoms with Crippen LogP contribution >= 0.6 is 12.0 Å². The van der Waals surface area contributed by atoms with Crippen molar-refractivity contribution in [3.05, 3.63) is 0 Å². The molecule has 0 bridgehead atoms. The fraction of sp³-hybridized carbons (Fsp3) is 1.00. The van der Waals surface area contributed by atoms with Crippen LogP contribution in [0.2, 0.25) is 0 Å². The average molecular weight is 152 g/mol. The van der Waals surface area contributed by atoms with Gasteiger partial charge >= 0.3 is 0 Å². The predicted molar refractivity (Wildman–Crippen MR) is 37.2 cm³/mol. The molecule has 0 amide bonds. The van der Waals surface area contributed by atoms with Crippen LogP contribution in [0.3, 0.4) is 0 Å². The number of rotatable bonds is 5. The van der Waals surface area contributed by atoms with Crippen LogP contribution in [0.1, 0.15) is 6.92 Å². The lowest BCUT2D eigenvalue weighted by atomic mass is 10.4. The molecule has 0 fully saturated rings. The van der Waals surface area contributed by atoms with Gasteiger partial charge in [0.25, 0.3) is 0 Å². The molecule has 0 aliphatic rings. The first-order chi connectivity index (χ1) is 4.31. The first-order valence-corrected chi connectivity index (χ1v) is 3.75. The molecule has 0 aromatic rings. The molecule has 0 aromatic heterocycles. The largest absolute Gasteiger partial charge is 0.394 e. The normalized spacial score (nSPS) is 13.7. The molecule has 0 aliphatic heterocycles. The predicted octanol–water partition coefficient (Wildman–Crippen LogP) is 0.0243. The van der Waals surface area contributed by atoms with E-state index in [0.717, 1.165) is 0 Å². The van der Waals surface area contributed by atoms with E-state index in [1.54, 1.807) is 0 Å². The third-order valence-electron chi connectivity index (χ3n) is 0.672. The van der Waals surface area contributed by atoms with Gasteiger partial charge in [-0.25, -0.2) is 0 Å². The minimum atomic E-state index is -0.651. The third kappa shape index (κ3) is 6.11. The first-order valence-electron chi connectivity index (χ1n) is 2.84. The Hall–Kier alpha value is 0.230. The number of aliphatic hydroxyl groups excluding tert-OH is 2. The maximum atomic E-state index is 8.73. The summed E-state index contributed by atoms with van der Waals surface area (Å²) in [6.45, 7) is 2.31. The van der Waals surface area contributed by atoms with E-state index in [0.29, 0.717) is 12.4 Å². The highest BCUT2D eigenvalue weighted by atomic mass is 32.2. The monoisotopic (exact) mass is 152 g/mol. The van der Waals surface area contributed by atoms with Crippen molar-refractivity contribution < 1.29 is 14.4 Å². The van der Waals surface area contributed by atoms with Crippen molar-refractivity contribution in [2.75, 3.05) is 19.0 Å². The van der Waals surface area contributed by atoms with E-state index in [1.165, 1.54) is 12.0 Å². The molecular weight excluding hydrogens is 140 g/mol. The van der Waals surface area contributed by atoms with Gasteiger partial charge in [-0.3, -0.25) is 0 Å². The van der Waals surface area contributed by atoms with Crippen molar-refractivity contribution in [3.63, 3.8) is 0 Å². The molecule has 0 radical (unpaired) electrons. The zero-order valence-corrected chi connectivity index (χ0v) is 6.23. The van der Waals surface area contributed by atoms with Crippen molar-refractivity contribution >= 4 is 12.0 Å². The van der Waals surface area contributed by atoms with E-state index in [4.69, 9.17) is 14.4 Å². The van der Waals surface area contributed by atoms with Gasteiger partial charge in [-0.2, -0.15) is 0 Å². The van der Waals surface area contributed by atoms with Gasteiger partial charge in [-0.15, -0.1) is 0 Å². The maximum Gasteiger partial charge on any atom is 0.0883 e. The SMILES string of the molecule is CCOSCC(O)CO. The molecule has 4 heteroatoms. The molecule has 9 heavy (non-hydrogen) atoms. The van der Waals surface area contributed by atoms with Crippen LogP contribution in [0.5, 0.6) is 0 Å². The van der Waals surface area contributed by atoms with Gasteiger partial charge in [0.05, 0.1) is 19.3 Å². The third-order valence-corrected chi connectivity index (χ3v) is 1.60. The molecule has 0 heterocycles. The Morgan fingerprint density at radius 3 is 2.78 bits per heavy atom. The van der Waals surface area contributed by atoms with Crippen LogP contribution in [-0.2, 0) is 4.18 Å². The maximum absolute atomic E-state index is 8.73. The number of hydrogen-bond donors (Lipinski definition) is 2. The first kappa shape index (κ1) is 9.23. The fourth-order valence-electron chi connectivity index (χ4n) is 0.263. The molecule has 0 saturated heterocycles. The van der Waals surface area contributed by atoms with Crippen LogP contribution in [-0.4, -0.2) is 35.3 Å². The second-order valence-corrected chi connectivity index (χ2v) is 2.33. The van der Waals surface area contributed by atoms with Crippen molar-refractivity contribution in [1.82, 2.24) is 0 Å². The van der Waals surface area contributed by atoms with Crippen LogP contribution < -0.4 is 0 Å². The highest BCUT2D eigenvalue weighted by Crippen LogP contribution is 2.03. The van der Waals surface area contributed by atoms with Crippen LogP contribution in [0.25, 0.3) is 0 Å². The van der Waals surface area contributed by atoms with Gasteiger partial charge in [0, 0.05) is 5.75 Å². The zero-order valence-electron chi connectivity index (χ0n) is 5.41. The van der Waals surface area contributed by atoms with Crippen molar-refractivity contribution in [2.24, 2.45) is 0 Å². The summed E-state index contributed by atoms with van der Waals surface area (Å²) >= 11 is 1.18. The van der Waals surface area contributed by atoms with Gasteiger partial charge in [-0.1, -0.05) is 0 Å². The van der Waals surface area contributed by atoms with Crippen molar-refractivity contribution in [2.45, 2.75) is 13.0 Å². The van der Waals surface area contributed by atoms with Gasteiger partial charge in [-0.05, 0) is 19.0 Å². The summed E-state index contributed by atoms with van der Waals surface area (Å²) in [6.07, 6.45) is -0.651. The molecule has 2 N–H and O–H groups in total. The molecule has 1 unspecified atom stereocenters. The molecule has 1 atom stereocenters. The summed E-state index contributed by atoms with van der Waals surface area (Å²) in [7, 11) is 0. The van der Waals surface area contributed by atoms with Gasteiger partial charge in [0.1, 0.15) is 0 Å². The van der Waals surface area contributed by atoms with Gasteiger partial charge in [0.2, 0.25) is 0 Å². The Labute approximate surface area is 59.2 Å². The lowest BCUT2D eigenvalue weighted by molar-refractivity contribution is 0.112. The Balaban J connectivity index is 2.88. The van der Waals surface area contributed by atoms with E-state index < -0.39 is 6.10 Å². The average Bonchev–Trinajstić information content (AvgIpc) is 1.89. The van der Waals surface area contributed by atoms with E-state index in [2.05, 4.69) is 0 Å². The Morgan fingerprint density at radius 2 is 2.33 bits per heavy atom. The minimum Gasteiger partial charge on any atom is -0.394 e. The summed E-state index contributed by atoms with van der Waals surface area (Å²) < 4.78 is 4.85. The van der Waals surface area contributed by atoms with E-state index in [9.17, 15) is 0 Å². The van der Waals surface area contributed by atoms with Crippen LogP contribution in [0, 0.1) is 0 Å². The Kier molecular flexibility index (Phi) is 6.51. The number of aliphatic hydroxyl groups is 2. The Bertz CT molecular complexity index is 60.2. The molecule has 0 spiro atoms. The molecule has 3 nitrogen and oxygen atoms in total. The summed E-state index contributed by atoms with van der Waals surface area (Å²) in [5.41, 5.74) is 0. The number of hydrogen-bond acceptors (Lipinski definition) is 4. The van der Waals surface area contributed by atoms with Crippen molar-refractivity contribution in [3.8, 4) is 0 Å². The summed E-state index contributed by atoms with van der Waals surface area (Å²) in [5.74, 6) is 0.435. The highest BCUT2D eigenvalue weighted by molar-refractivity contribution is 7.94. The summed E-state index contributed by atoms with van der Waals surface area (Å²) in [6, 6.07) is 0. The van der Waals surface area contributed by atoms with E-state index in [-0.39, 0.29) is 6.61 Å². The molecule has 0 aromatic carbocycles. The van der Waals surface area contributed by atoms with Crippen molar-refractivity contribution in [1.29, 1.82) is 0 Å². The fourth-order valence-corrected chi connectivity index (χ4v) is 0.788. The topological polar surface area (TPSA) is 49.7 Å². The van der Waals surface area contributed by atoms with Crippen LogP contribution in [0.15, 0.2) is 0 Å². The second kappa shape index (κ2) is 6.35. The van der Waals surface area contributed by atoms with Gasteiger partial charge < -0.3 is 14.4 Å². The molecule has 0 rings (SSSR count). The lowest BCUT2D eigenvalue weighted by Crippen LogP contribution is -2.14. The second-order valence-electron chi connectivity index (χ2n) is 1.53. The van der Waals surface area contributed by atoms with Crippen LogP contribution in [0.4, 0.5) is 0 Å². The summed E-state index contributed by atoms with van der Waals surface area (Å²) in [5, 5.41) is 17.0. The molecule has 56 valence electrons. The molecule has 0 saturated carbocycles. The highest BCUT2D eigenvalue weighted by Gasteiger charge is 2.00. The zero-order chi connectivity index (χ0) is 7.11. The summed E-state index contributed by atoms with van der Waals surface area (Å²) in [4.78, 5) is 0. The molecule has 0 aliphatic carbocycles. The quantitative estimate of drug-likeness (QED) is 0.431. The molecular formula is C5H12O3S. The Morgan fingerprint density at radius 1 is 1.67 bits per heavy atom. The minimum absolute atomic E-state index is 0.194. The van der Waals surface area contributed by atoms with Gasteiger partial charge in [0.15, 0.2) is 0 Å². The standard InChI is InChI=1S/C5H12O3S/c1-2-8-9-4-5(7)3-6/h5-7H,2-4H2,1H3. The lowest BCUT2D eigenvalue weighted by Gasteiger charge is -2.03. The smallest absolute Gasteiger partial charge is 0.0883 e. The van der Waals surface area contributed by atoms with E-state index >= 15 is 0 Å².